The first-order valence-electron chi connectivity index (χ1n) is 4.40. The monoisotopic (exact) mass is 470 g/mol. The van der Waals surface area contributed by atoms with Crippen molar-refractivity contribution in [2.75, 3.05) is 0 Å². The van der Waals surface area contributed by atoms with Crippen LogP contribution in [0.2, 0.25) is 0 Å². The summed E-state index contributed by atoms with van der Waals surface area (Å²) in [6, 6.07) is 0. The highest BCUT2D eigenvalue weighted by Crippen LogP contribution is 2.76. The first-order valence-corrected chi connectivity index (χ1v) is 5.98. The summed E-state index contributed by atoms with van der Waals surface area (Å²) in [4.78, 5) is -12.4. The fraction of sp³-hybridized carbons (Fsp3) is 1.00. The van der Waals surface area contributed by atoms with Crippen LogP contribution in [0.1, 0.15) is 0 Å². The molecular weight excluding hydrogens is 472 g/mol. The quantitative estimate of drug-likeness (QED) is 0.379. The average Bonchev–Trinajstić information content (AvgIpc) is 2.27. The molecule has 0 aromatic rings. The summed E-state index contributed by atoms with van der Waals surface area (Å²) >= 11 is 1.32. The van der Waals surface area contributed by atoms with E-state index < -0.39 is 38.8 Å². The molecule has 0 aromatic carbocycles. The van der Waals surface area contributed by atoms with Crippen LogP contribution in [0.4, 0.5) is 52.7 Å². The predicted molar refractivity (Wildman–Crippen MR) is 50.3 cm³/mol. The summed E-state index contributed by atoms with van der Waals surface area (Å²) in [6.45, 7) is 0. The lowest BCUT2D eigenvalue weighted by atomic mass is 9.86. The highest BCUT2D eigenvalue weighted by atomic mass is 79.9. The fourth-order valence-electron chi connectivity index (χ4n) is 1.81. The molecule has 0 aromatic heterocycles. The Morgan fingerprint density at radius 2 is 0.667 bits per heavy atom. The zero-order chi connectivity index (χ0) is 17.5. The first kappa shape index (κ1) is 19.2. The third kappa shape index (κ3) is 1.66. The maximum Gasteiger partial charge on any atom is 0.379 e. The van der Waals surface area contributed by atoms with Gasteiger partial charge in [-0.3, -0.25) is 0 Å². The molecule has 0 saturated heterocycles. The summed E-state index contributed by atoms with van der Waals surface area (Å²) in [5.41, 5.74) is -14.0. The molecule has 0 amide bonds. The average molecular weight is 472 g/mol. The summed E-state index contributed by atoms with van der Waals surface area (Å²) in [5, 5.41) is 0. The Labute approximate surface area is 124 Å². The molecule has 2 atom stereocenters. The Balaban J connectivity index is 4.00. The molecule has 0 radical (unpaired) electrons. The van der Waals surface area contributed by atoms with Crippen LogP contribution in [0.15, 0.2) is 0 Å². The molecule has 126 valence electrons. The van der Waals surface area contributed by atoms with Gasteiger partial charge < -0.3 is 0 Å². The normalized spacial score (nSPS) is 38.6. The molecule has 1 fully saturated rings. The summed E-state index contributed by atoms with van der Waals surface area (Å²) in [5.74, 6) is -21.5. The van der Waals surface area contributed by atoms with Crippen LogP contribution >= 0.6 is 31.9 Å². The van der Waals surface area contributed by atoms with E-state index in [1.165, 1.54) is 0 Å². The third-order valence-corrected chi connectivity index (χ3v) is 4.00. The smallest absolute Gasteiger partial charge is 0.225 e. The first-order chi connectivity index (χ1) is 8.75. The highest BCUT2D eigenvalue weighted by Gasteiger charge is 3.07. The Kier molecular flexibility index (Phi) is 3.78. The number of halogens is 14. The maximum atomic E-state index is 13.7. The van der Waals surface area contributed by atoms with E-state index in [9.17, 15) is 52.7 Å². The lowest BCUT2D eigenvalue weighted by Gasteiger charge is -2.40. The molecule has 1 aliphatic carbocycles. The van der Waals surface area contributed by atoms with Crippen LogP contribution in [-0.2, 0) is 0 Å². The molecule has 0 spiro atoms. The predicted octanol–water partition coefficient (Wildman–Crippen LogP) is 5.30. The molecule has 0 N–H and O–H groups in total. The minimum atomic E-state index is -7.18. The van der Waals surface area contributed by atoms with Crippen LogP contribution in [0.3, 0.4) is 0 Å². The zero-order valence-electron chi connectivity index (χ0n) is 8.79. The number of hydrogen-bond acceptors (Lipinski definition) is 0. The van der Waals surface area contributed by atoms with Gasteiger partial charge in [-0.15, -0.1) is 0 Å². The van der Waals surface area contributed by atoms with Crippen LogP contribution in [-0.4, -0.2) is 38.8 Å². The van der Waals surface area contributed by atoms with Gasteiger partial charge in [-0.05, 0) is 31.9 Å². The molecule has 0 nitrogen and oxygen atoms in total. The lowest BCUT2D eigenvalue weighted by Crippen LogP contribution is -2.70. The van der Waals surface area contributed by atoms with Crippen molar-refractivity contribution in [1.29, 1.82) is 0 Å². The minimum Gasteiger partial charge on any atom is -0.225 e. The van der Waals surface area contributed by atoms with E-state index in [2.05, 4.69) is 0 Å². The van der Waals surface area contributed by atoms with Gasteiger partial charge in [-0.2, -0.15) is 43.9 Å². The van der Waals surface area contributed by atoms with Crippen molar-refractivity contribution in [3.8, 4) is 0 Å². The van der Waals surface area contributed by atoms with Gasteiger partial charge in [0.2, 0.25) is 0 Å². The van der Waals surface area contributed by atoms with E-state index in [0.717, 1.165) is 0 Å². The second-order valence-electron chi connectivity index (χ2n) is 4.04. The largest absolute Gasteiger partial charge is 0.379 e. The molecule has 14 heteroatoms. The van der Waals surface area contributed by atoms with Gasteiger partial charge in [0, 0.05) is 0 Å². The molecule has 0 bridgehead atoms. The Morgan fingerprint density at radius 3 is 0.810 bits per heavy atom. The molecule has 1 rings (SSSR count). The van der Waals surface area contributed by atoms with E-state index in [1.807, 2.05) is 0 Å². The van der Waals surface area contributed by atoms with Gasteiger partial charge in [0.15, 0.2) is 0 Å². The molecule has 0 aliphatic heterocycles. The third-order valence-electron chi connectivity index (χ3n) is 2.91. The second-order valence-corrected chi connectivity index (χ2v) is 6.03. The molecule has 1 aliphatic rings. The van der Waals surface area contributed by atoms with Crippen LogP contribution in [0.5, 0.6) is 0 Å². The molecule has 21 heavy (non-hydrogen) atoms. The number of rotatable bonds is 2. The van der Waals surface area contributed by atoms with E-state index in [-0.39, 0.29) is 0 Å². The number of hydrogen-bond donors (Lipinski definition) is 0. The van der Waals surface area contributed by atoms with E-state index >= 15 is 0 Å². The Morgan fingerprint density at radius 1 is 0.476 bits per heavy atom. The summed E-state index contributed by atoms with van der Waals surface area (Å²) < 4.78 is 157. The highest BCUT2D eigenvalue weighted by molar-refractivity contribution is 9.10. The van der Waals surface area contributed by atoms with E-state index in [1.54, 1.807) is 0 Å². The van der Waals surface area contributed by atoms with Crippen molar-refractivity contribution in [2.45, 2.75) is 38.8 Å². The number of alkyl halides is 14. The Hall–Kier alpha value is 0.120. The van der Waals surface area contributed by atoms with E-state index in [4.69, 9.17) is 0 Å². The summed E-state index contributed by atoms with van der Waals surface area (Å²) in [6.07, 6.45) is 0. The van der Waals surface area contributed by atoms with Gasteiger partial charge in [0.1, 0.15) is 0 Å². The van der Waals surface area contributed by atoms with Crippen LogP contribution in [0, 0.1) is 0 Å². The molecule has 0 heterocycles. The van der Waals surface area contributed by atoms with Crippen molar-refractivity contribution < 1.29 is 52.7 Å². The van der Waals surface area contributed by atoms with Crippen LogP contribution < -0.4 is 0 Å². The SMILES string of the molecule is FC1(F)C(F)(F)[C@](F)(C(F)(F)Br)[C@](F)(C(F)(F)Br)C1(F)F. The van der Waals surface area contributed by atoms with Gasteiger partial charge in [-0.25, -0.2) is 8.78 Å². The van der Waals surface area contributed by atoms with Crippen LogP contribution in [0.25, 0.3) is 0 Å². The van der Waals surface area contributed by atoms with Crippen molar-refractivity contribution in [3.05, 3.63) is 0 Å². The molecule has 0 unspecified atom stereocenters. The second kappa shape index (κ2) is 4.15. The van der Waals surface area contributed by atoms with Crippen molar-refractivity contribution in [1.82, 2.24) is 0 Å². The van der Waals surface area contributed by atoms with Gasteiger partial charge >= 0.3 is 27.4 Å². The standard InChI is InChI=1S/C7Br2F12/c8-6(18,19)1(10)2(11,7(9,20)21)4(14,15)5(16,17)3(1,12)13/t1-,2+. The molecular formula is C7Br2F12. The topological polar surface area (TPSA) is 0 Å². The maximum absolute atomic E-state index is 13.7. The fourth-order valence-corrected chi connectivity index (χ4v) is 2.85. The molecule has 1 saturated carbocycles. The van der Waals surface area contributed by atoms with Gasteiger partial charge in [0.05, 0.1) is 0 Å². The van der Waals surface area contributed by atoms with E-state index in [0.29, 0.717) is 31.9 Å². The van der Waals surface area contributed by atoms with Gasteiger partial charge in [-0.1, -0.05) is 0 Å². The van der Waals surface area contributed by atoms with Gasteiger partial charge in [0.25, 0.3) is 11.3 Å². The minimum absolute atomic E-state index is 0.659. The zero-order valence-corrected chi connectivity index (χ0v) is 12.0. The summed E-state index contributed by atoms with van der Waals surface area (Å²) in [7, 11) is 0. The van der Waals surface area contributed by atoms with Crippen molar-refractivity contribution in [2.24, 2.45) is 0 Å². The lowest BCUT2D eigenvalue weighted by molar-refractivity contribution is -0.301. The van der Waals surface area contributed by atoms with Crippen molar-refractivity contribution in [3.63, 3.8) is 0 Å². The van der Waals surface area contributed by atoms with Crippen molar-refractivity contribution >= 4 is 31.9 Å². The Bertz CT molecular complexity index is 410.